The Balaban J connectivity index is 2.22. The summed E-state index contributed by atoms with van der Waals surface area (Å²) >= 11 is 0. The van der Waals surface area contributed by atoms with Gasteiger partial charge in [0, 0.05) is 24.3 Å². The minimum atomic E-state index is -0.154. The number of fused-ring (bicyclic) bond motifs is 1. The number of aromatic nitrogens is 1. The highest BCUT2D eigenvalue weighted by Crippen LogP contribution is 2.25. The van der Waals surface area contributed by atoms with Crippen molar-refractivity contribution in [2.45, 2.75) is 33.0 Å². The summed E-state index contributed by atoms with van der Waals surface area (Å²) in [5.74, 6) is 6.65. The molecule has 0 bridgehead atoms. The highest BCUT2D eigenvalue weighted by atomic mass is 16.5. The van der Waals surface area contributed by atoms with Gasteiger partial charge in [0.1, 0.15) is 6.73 Å². The van der Waals surface area contributed by atoms with Gasteiger partial charge in [0.2, 0.25) is 0 Å². The molecule has 0 radical (unpaired) electrons. The van der Waals surface area contributed by atoms with Crippen LogP contribution in [0.1, 0.15) is 37.6 Å². The summed E-state index contributed by atoms with van der Waals surface area (Å²) in [6.45, 7) is 6.71. The van der Waals surface area contributed by atoms with Crippen molar-refractivity contribution in [3.05, 3.63) is 71.4 Å². The molecule has 0 saturated heterocycles. The molecule has 3 heteroatoms. The van der Waals surface area contributed by atoms with Gasteiger partial charge in [0.25, 0.3) is 0 Å². The van der Waals surface area contributed by atoms with Crippen LogP contribution in [0.15, 0.2) is 59.6 Å². The van der Waals surface area contributed by atoms with Crippen molar-refractivity contribution in [2.24, 2.45) is 4.99 Å². The normalized spacial score (nSPS) is 11.7. The fourth-order valence-corrected chi connectivity index (χ4v) is 2.77. The van der Waals surface area contributed by atoms with E-state index in [0.29, 0.717) is 6.73 Å². The molecule has 0 spiro atoms. The lowest BCUT2D eigenvalue weighted by Crippen LogP contribution is -2.12. The van der Waals surface area contributed by atoms with Crippen LogP contribution < -0.4 is 0 Å². The van der Waals surface area contributed by atoms with Crippen LogP contribution in [0.2, 0.25) is 0 Å². The molecule has 3 nitrogen and oxygen atoms in total. The van der Waals surface area contributed by atoms with E-state index in [1.165, 1.54) is 0 Å². The molecular formula is C23H24N2O. The lowest BCUT2D eigenvalue weighted by molar-refractivity contribution is 0.134. The van der Waals surface area contributed by atoms with Crippen LogP contribution in [0.5, 0.6) is 0 Å². The van der Waals surface area contributed by atoms with Gasteiger partial charge in [0.15, 0.2) is 0 Å². The summed E-state index contributed by atoms with van der Waals surface area (Å²) in [7, 11) is 1.70. The summed E-state index contributed by atoms with van der Waals surface area (Å²) in [5, 5.41) is 1.11. The number of nitrogens with zero attached hydrogens (tertiary/aromatic N) is 2. The molecular weight excluding hydrogens is 320 g/mol. The van der Waals surface area contributed by atoms with Crippen LogP contribution in [0.4, 0.5) is 0 Å². The van der Waals surface area contributed by atoms with Gasteiger partial charge in [-0.3, -0.25) is 4.99 Å². The monoisotopic (exact) mass is 344 g/mol. The largest absolute Gasteiger partial charge is 0.364 e. The van der Waals surface area contributed by atoms with E-state index in [1.54, 1.807) is 7.11 Å². The molecule has 0 saturated carbocycles. The third-order valence-corrected chi connectivity index (χ3v) is 3.95. The summed E-state index contributed by atoms with van der Waals surface area (Å²) < 4.78 is 7.56. The first-order chi connectivity index (χ1) is 12.5. The Kier molecular flexibility index (Phi) is 5.25. The van der Waals surface area contributed by atoms with Crippen molar-refractivity contribution in [2.75, 3.05) is 7.11 Å². The molecule has 1 heterocycles. The van der Waals surface area contributed by atoms with Crippen LogP contribution in [0.3, 0.4) is 0 Å². The van der Waals surface area contributed by atoms with Gasteiger partial charge in [-0.1, -0.05) is 48.2 Å². The van der Waals surface area contributed by atoms with Crippen LogP contribution in [-0.4, -0.2) is 23.4 Å². The van der Waals surface area contributed by atoms with Crippen LogP contribution >= 0.6 is 0 Å². The molecule has 3 aromatic rings. The van der Waals surface area contributed by atoms with Gasteiger partial charge in [-0.05, 0) is 39.0 Å². The van der Waals surface area contributed by atoms with E-state index in [0.717, 1.165) is 27.7 Å². The van der Waals surface area contributed by atoms with E-state index in [-0.39, 0.29) is 5.54 Å². The van der Waals surface area contributed by atoms with Crippen LogP contribution in [-0.2, 0) is 11.5 Å². The first kappa shape index (κ1) is 18.0. The fraction of sp³-hybridized carbons (Fsp3) is 0.261. The number of rotatable bonds is 3. The molecule has 0 fully saturated rings. The molecule has 0 aliphatic heterocycles. The third-order valence-electron chi connectivity index (χ3n) is 3.95. The number of benzene rings is 2. The van der Waals surface area contributed by atoms with E-state index in [4.69, 9.17) is 9.73 Å². The van der Waals surface area contributed by atoms with E-state index in [1.807, 2.05) is 48.7 Å². The highest BCUT2D eigenvalue weighted by molar-refractivity contribution is 5.97. The van der Waals surface area contributed by atoms with Crippen molar-refractivity contribution in [1.29, 1.82) is 0 Å². The maximum Gasteiger partial charge on any atom is 0.123 e. The summed E-state index contributed by atoms with van der Waals surface area (Å²) in [6, 6.07) is 18.3. The van der Waals surface area contributed by atoms with E-state index in [2.05, 4.69) is 49.3 Å². The third kappa shape index (κ3) is 4.04. The molecule has 0 aliphatic carbocycles. The van der Waals surface area contributed by atoms with Crippen molar-refractivity contribution < 1.29 is 4.74 Å². The zero-order valence-electron chi connectivity index (χ0n) is 15.8. The van der Waals surface area contributed by atoms with E-state index < -0.39 is 0 Å². The first-order valence-electron chi connectivity index (χ1n) is 8.72. The van der Waals surface area contributed by atoms with Gasteiger partial charge in [-0.2, -0.15) is 0 Å². The second kappa shape index (κ2) is 7.59. The molecule has 0 atom stereocenters. The van der Waals surface area contributed by atoms with Crippen molar-refractivity contribution in [3.63, 3.8) is 0 Å². The lowest BCUT2D eigenvalue weighted by atomic mass is 10.1. The van der Waals surface area contributed by atoms with Gasteiger partial charge in [0.05, 0.1) is 22.3 Å². The molecule has 0 aliphatic rings. The Bertz CT molecular complexity index is 980. The topological polar surface area (TPSA) is 26.5 Å². The average Bonchev–Trinajstić information content (AvgIpc) is 2.92. The summed E-state index contributed by atoms with van der Waals surface area (Å²) in [6.07, 6.45) is 1.92. The first-order valence-corrected chi connectivity index (χ1v) is 8.72. The van der Waals surface area contributed by atoms with Gasteiger partial charge in [-0.15, -0.1) is 0 Å². The Labute approximate surface area is 155 Å². The number of para-hydroxylation sites is 1. The highest BCUT2D eigenvalue weighted by Gasteiger charge is 2.15. The Hall–Kier alpha value is -2.83. The van der Waals surface area contributed by atoms with Gasteiger partial charge < -0.3 is 9.30 Å². The number of hydrogen-bond acceptors (Lipinski definition) is 2. The SMILES string of the molecule is COCn1c(C=NC(C)(C)C)c(C#Cc2ccccc2)c2ccccc21. The minimum absolute atomic E-state index is 0.154. The zero-order chi connectivity index (χ0) is 18.6. The maximum atomic E-state index is 5.44. The van der Waals surface area contributed by atoms with Gasteiger partial charge >= 0.3 is 0 Å². The minimum Gasteiger partial charge on any atom is -0.364 e. The summed E-state index contributed by atoms with van der Waals surface area (Å²) in [5.41, 5.74) is 3.90. The molecule has 3 rings (SSSR count). The van der Waals surface area contributed by atoms with Crippen LogP contribution in [0.25, 0.3) is 10.9 Å². The van der Waals surface area contributed by atoms with Crippen molar-refractivity contribution in [1.82, 2.24) is 4.57 Å². The quantitative estimate of drug-likeness (QED) is 0.492. The maximum absolute atomic E-state index is 5.44. The summed E-state index contributed by atoms with van der Waals surface area (Å²) in [4.78, 5) is 4.71. The van der Waals surface area contributed by atoms with E-state index >= 15 is 0 Å². The second-order valence-corrected chi connectivity index (χ2v) is 7.17. The predicted molar refractivity (Wildman–Crippen MR) is 109 cm³/mol. The number of ether oxygens (including phenoxy) is 1. The second-order valence-electron chi connectivity index (χ2n) is 7.17. The van der Waals surface area contributed by atoms with Crippen molar-refractivity contribution >= 4 is 17.1 Å². The molecule has 1 aromatic heterocycles. The Morgan fingerprint density at radius 3 is 2.38 bits per heavy atom. The smallest absolute Gasteiger partial charge is 0.123 e. The Morgan fingerprint density at radius 2 is 1.69 bits per heavy atom. The van der Waals surface area contributed by atoms with Gasteiger partial charge in [-0.25, -0.2) is 0 Å². The fourth-order valence-electron chi connectivity index (χ4n) is 2.77. The number of methoxy groups -OCH3 is 1. The van der Waals surface area contributed by atoms with Crippen molar-refractivity contribution in [3.8, 4) is 11.8 Å². The Morgan fingerprint density at radius 1 is 1.00 bits per heavy atom. The van der Waals surface area contributed by atoms with Crippen LogP contribution in [0, 0.1) is 11.8 Å². The standard InChI is InChI=1S/C23H24N2O/c1-23(2,3)24-16-22-20(15-14-18-10-6-5-7-11-18)19-12-8-9-13-21(19)25(22)17-26-4/h5-13,16H,17H2,1-4H3. The molecule has 0 unspecified atom stereocenters. The predicted octanol–water partition coefficient (Wildman–Crippen LogP) is 4.86. The van der Waals surface area contributed by atoms with E-state index in [9.17, 15) is 0 Å². The molecule has 0 N–H and O–H groups in total. The molecule has 0 amide bonds. The number of hydrogen-bond donors (Lipinski definition) is 0. The average molecular weight is 344 g/mol. The number of aliphatic imine (C=N–C) groups is 1. The zero-order valence-corrected chi connectivity index (χ0v) is 15.8. The molecule has 26 heavy (non-hydrogen) atoms. The molecule has 2 aromatic carbocycles. The lowest BCUT2D eigenvalue weighted by Gasteiger charge is -2.12. The molecule has 132 valence electrons.